The fraction of sp³-hybridized carbons (Fsp3) is 0.650. The van der Waals surface area contributed by atoms with Crippen LogP contribution < -0.4 is 10.1 Å². The van der Waals surface area contributed by atoms with E-state index < -0.39 is 10.0 Å². The Morgan fingerprint density at radius 3 is 2.19 bits per heavy atom. The van der Waals surface area contributed by atoms with Gasteiger partial charge in [0.15, 0.2) is 6.61 Å². The Morgan fingerprint density at radius 1 is 0.963 bits per heavy atom. The lowest BCUT2D eigenvalue weighted by Gasteiger charge is -2.25. The Balaban J connectivity index is 1.50. The standard InChI is InChI=1S/C20H30N2O4S/c23-20(21-17-8-4-1-2-5-9-17)16-26-18-10-12-19(13-11-18)27(24,25)22-14-6-3-7-15-22/h10-13,17H,1-9,14-16H2,(H,21,23). The molecule has 1 amide bonds. The number of carbonyl (C=O) groups is 1. The molecular weight excluding hydrogens is 364 g/mol. The Kier molecular flexibility index (Phi) is 7.13. The molecule has 3 rings (SSSR count). The predicted molar refractivity (Wildman–Crippen MR) is 104 cm³/mol. The van der Waals surface area contributed by atoms with E-state index >= 15 is 0 Å². The van der Waals surface area contributed by atoms with Gasteiger partial charge in [-0.25, -0.2) is 8.42 Å². The minimum atomic E-state index is -3.43. The van der Waals surface area contributed by atoms with Crippen molar-refractivity contribution >= 4 is 15.9 Å². The molecular formula is C20H30N2O4S. The fourth-order valence-corrected chi connectivity index (χ4v) is 5.32. The van der Waals surface area contributed by atoms with Crippen molar-refractivity contribution in [2.24, 2.45) is 0 Å². The molecule has 0 radical (unpaired) electrons. The molecule has 1 saturated carbocycles. The van der Waals surface area contributed by atoms with Crippen LogP contribution >= 0.6 is 0 Å². The summed E-state index contributed by atoms with van der Waals surface area (Å²) in [6.07, 6.45) is 9.81. The molecule has 0 bridgehead atoms. The lowest BCUT2D eigenvalue weighted by molar-refractivity contribution is -0.123. The molecule has 1 aromatic carbocycles. The summed E-state index contributed by atoms with van der Waals surface area (Å²) >= 11 is 0. The van der Waals surface area contributed by atoms with Crippen LogP contribution in [0.25, 0.3) is 0 Å². The highest BCUT2D eigenvalue weighted by atomic mass is 32.2. The highest BCUT2D eigenvalue weighted by Gasteiger charge is 2.25. The molecule has 0 atom stereocenters. The zero-order valence-electron chi connectivity index (χ0n) is 15.9. The smallest absolute Gasteiger partial charge is 0.258 e. The molecule has 0 spiro atoms. The summed E-state index contributed by atoms with van der Waals surface area (Å²) in [6, 6.07) is 6.61. The Morgan fingerprint density at radius 2 is 1.56 bits per heavy atom. The molecule has 1 saturated heterocycles. The van der Waals surface area contributed by atoms with Crippen LogP contribution in [0.15, 0.2) is 29.2 Å². The van der Waals surface area contributed by atoms with E-state index in [1.165, 1.54) is 25.7 Å². The predicted octanol–water partition coefficient (Wildman–Crippen LogP) is 3.08. The van der Waals surface area contributed by atoms with Gasteiger partial charge in [-0.15, -0.1) is 0 Å². The average molecular weight is 395 g/mol. The zero-order valence-corrected chi connectivity index (χ0v) is 16.7. The number of nitrogens with zero attached hydrogens (tertiary/aromatic N) is 1. The van der Waals surface area contributed by atoms with Crippen LogP contribution in [0.5, 0.6) is 5.75 Å². The summed E-state index contributed by atoms with van der Waals surface area (Å²) in [5.41, 5.74) is 0. The van der Waals surface area contributed by atoms with E-state index in [0.29, 0.717) is 18.8 Å². The summed E-state index contributed by atoms with van der Waals surface area (Å²) in [6.45, 7) is 1.12. The maximum absolute atomic E-state index is 12.6. The maximum Gasteiger partial charge on any atom is 0.258 e. The minimum Gasteiger partial charge on any atom is -0.484 e. The monoisotopic (exact) mass is 394 g/mol. The van der Waals surface area contributed by atoms with Crippen LogP contribution in [0.3, 0.4) is 0 Å². The second-order valence-corrected chi connectivity index (χ2v) is 9.42. The summed E-state index contributed by atoms with van der Waals surface area (Å²) in [4.78, 5) is 12.4. The van der Waals surface area contributed by atoms with Gasteiger partial charge in [-0.05, 0) is 49.9 Å². The van der Waals surface area contributed by atoms with E-state index in [1.54, 1.807) is 28.6 Å². The molecule has 2 fully saturated rings. The van der Waals surface area contributed by atoms with Crippen molar-refractivity contribution in [3.63, 3.8) is 0 Å². The number of carbonyl (C=O) groups excluding carboxylic acids is 1. The number of hydrogen-bond acceptors (Lipinski definition) is 4. The van der Waals surface area contributed by atoms with Crippen molar-refractivity contribution in [1.82, 2.24) is 9.62 Å². The molecule has 2 aliphatic rings. The lowest BCUT2D eigenvalue weighted by atomic mass is 10.1. The first-order chi connectivity index (χ1) is 13.1. The van der Waals surface area contributed by atoms with E-state index in [1.807, 2.05) is 0 Å². The first-order valence-corrected chi connectivity index (χ1v) is 11.5. The van der Waals surface area contributed by atoms with Crippen molar-refractivity contribution in [2.75, 3.05) is 19.7 Å². The van der Waals surface area contributed by atoms with Crippen molar-refractivity contribution in [1.29, 1.82) is 0 Å². The topological polar surface area (TPSA) is 75.7 Å². The Hall–Kier alpha value is -1.60. The quantitative estimate of drug-likeness (QED) is 0.753. The highest BCUT2D eigenvalue weighted by molar-refractivity contribution is 7.89. The second kappa shape index (κ2) is 9.55. The lowest BCUT2D eigenvalue weighted by Crippen LogP contribution is -2.37. The van der Waals surface area contributed by atoms with Crippen molar-refractivity contribution in [3.05, 3.63) is 24.3 Å². The van der Waals surface area contributed by atoms with Gasteiger partial charge in [0.05, 0.1) is 4.90 Å². The molecule has 1 aromatic rings. The number of rotatable bonds is 6. The van der Waals surface area contributed by atoms with Gasteiger partial charge >= 0.3 is 0 Å². The molecule has 1 N–H and O–H groups in total. The van der Waals surface area contributed by atoms with Gasteiger partial charge in [0.25, 0.3) is 5.91 Å². The molecule has 1 aliphatic carbocycles. The second-order valence-electron chi connectivity index (χ2n) is 7.48. The van der Waals surface area contributed by atoms with Gasteiger partial charge < -0.3 is 10.1 Å². The number of piperidine rings is 1. The summed E-state index contributed by atoms with van der Waals surface area (Å²) in [7, 11) is -3.43. The van der Waals surface area contributed by atoms with E-state index in [9.17, 15) is 13.2 Å². The van der Waals surface area contributed by atoms with Crippen LogP contribution in [0.4, 0.5) is 0 Å². The van der Waals surface area contributed by atoms with Crippen LogP contribution in [0, 0.1) is 0 Å². The number of benzene rings is 1. The largest absolute Gasteiger partial charge is 0.484 e. The number of hydrogen-bond donors (Lipinski definition) is 1. The Bertz CT molecular complexity index is 704. The van der Waals surface area contributed by atoms with Gasteiger partial charge in [-0.3, -0.25) is 4.79 Å². The first kappa shape index (κ1) is 20.1. The van der Waals surface area contributed by atoms with Gasteiger partial charge in [-0.2, -0.15) is 4.31 Å². The summed E-state index contributed by atoms with van der Waals surface area (Å²) in [5, 5.41) is 3.04. The third-order valence-electron chi connectivity index (χ3n) is 5.37. The fourth-order valence-electron chi connectivity index (χ4n) is 3.80. The van der Waals surface area contributed by atoms with E-state index in [2.05, 4.69) is 5.32 Å². The Labute approximate surface area is 162 Å². The van der Waals surface area contributed by atoms with Crippen molar-refractivity contribution in [2.45, 2.75) is 68.7 Å². The number of sulfonamides is 1. The molecule has 1 heterocycles. The average Bonchev–Trinajstić information content (AvgIpc) is 2.96. The maximum atomic E-state index is 12.6. The molecule has 0 aromatic heterocycles. The zero-order chi connectivity index (χ0) is 19.1. The first-order valence-electron chi connectivity index (χ1n) is 10.1. The van der Waals surface area contributed by atoms with Gasteiger partial charge in [-0.1, -0.05) is 32.1 Å². The third kappa shape index (κ3) is 5.69. The third-order valence-corrected chi connectivity index (χ3v) is 7.28. The molecule has 1 aliphatic heterocycles. The summed E-state index contributed by atoms with van der Waals surface area (Å²) in [5.74, 6) is 0.385. The van der Waals surface area contributed by atoms with Gasteiger partial charge in [0, 0.05) is 19.1 Å². The molecule has 150 valence electrons. The molecule has 27 heavy (non-hydrogen) atoms. The normalized spacial score (nSPS) is 20.0. The number of ether oxygens (including phenoxy) is 1. The van der Waals surface area contributed by atoms with Crippen LogP contribution in [-0.2, 0) is 14.8 Å². The summed E-state index contributed by atoms with van der Waals surface area (Å²) < 4.78 is 32.4. The van der Waals surface area contributed by atoms with Crippen molar-refractivity contribution in [3.8, 4) is 5.75 Å². The number of nitrogens with one attached hydrogen (secondary N) is 1. The highest BCUT2D eigenvalue weighted by Crippen LogP contribution is 2.23. The van der Waals surface area contributed by atoms with Gasteiger partial charge in [0.1, 0.15) is 5.75 Å². The van der Waals surface area contributed by atoms with E-state index in [4.69, 9.17) is 4.74 Å². The van der Waals surface area contributed by atoms with Gasteiger partial charge in [0.2, 0.25) is 10.0 Å². The van der Waals surface area contributed by atoms with Crippen LogP contribution in [0.1, 0.15) is 57.8 Å². The molecule has 0 unspecified atom stereocenters. The number of amides is 1. The van der Waals surface area contributed by atoms with E-state index in [-0.39, 0.29) is 23.5 Å². The molecule has 7 heteroatoms. The van der Waals surface area contributed by atoms with Crippen LogP contribution in [0.2, 0.25) is 0 Å². The van der Waals surface area contributed by atoms with Crippen LogP contribution in [-0.4, -0.2) is 44.4 Å². The molecule has 6 nitrogen and oxygen atoms in total. The van der Waals surface area contributed by atoms with E-state index in [0.717, 1.165) is 32.1 Å². The SMILES string of the molecule is O=C(COc1ccc(S(=O)(=O)N2CCCCC2)cc1)NC1CCCCCC1. The minimum absolute atomic E-state index is 0.0469. The van der Waals surface area contributed by atoms with Crippen molar-refractivity contribution < 1.29 is 17.9 Å².